The third-order valence-electron chi connectivity index (χ3n) is 4.51. The number of aliphatic hydroxyl groups is 1. The van der Waals surface area contributed by atoms with Crippen LogP contribution in [-0.2, 0) is 21.8 Å². The summed E-state index contributed by atoms with van der Waals surface area (Å²) in [5, 5.41) is 11.1. The quantitative estimate of drug-likeness (QED) is 0.624. The molecule has 0 aliphatic rings. The molecule has 0 fully saturated rings. The molecule has 0 spiro atoms. The second kappa shape index (κ2) is 7.53. The fourth-order valence-electron chi connectivity index (χ4n) is 3.05. The van der Waals surface area contributed by atoms with Gasteiger partial charge < -0.3 is 5.11 Å². The van der Waals surface area contributed by atoms with Crippen molar-refractivity contribution in [3.8, 4) is 0 Å². The zero-order chi connectivity index (χ0) is 21.3. The summed E-state index contributed by atoms with van der Waals surface area (Å²) in [7, 11) is -4.57. The molecule has 0 aromatic heterocycles. The summed E-state index contributed by atoms with van der Waals surface area (Å²) in [6.45, 7) is 1.49. The molecule has 1 atom stereocenters. The molecule has 0 saturated heterocycles. The van der Waals surface area contributed by atoms with Gasteiger partial charge in [-0.1, -0.05) is 60.7 Å². The van der Waals surface area contributed by atoms with Crippen molar-refractivity contribution in [1.82, 2.24) is 0 Å². The summed E-state index contributed by atoms with van der Waals surface area (Å²) in [6, 6.07) is 18.5. The molecule has 3 aromatic rings. The monoisotopic (exact) mass is 421 g/mol. The summed E-state index contributed by atoms with van der Waals surface area (Å²) in [5.41, 5.74) is -2.15. The Morgan fingerprint density at radius 2 is 1.31 bits per heavy atom. The van der Waals surface area contributed by atoms with Crippen molar-refractivity contribution in [3.63, 3.8) is 0 Å². The number of para-hydroxylation sites is 1. The highest BCUT2D eigenvalue weighted by molar-refractivity contribution is 7.92. The van der Waals surface area contributed by atoms with Crippen molar-refractivity contribution in [2.45, 2.75) is 23.6 Å². The Balaban J connectivity index is 2.07. The minimum absolute atomic E-state index is 0.0154. The number of benzene rings is 3. The van der Waals surface area contributed by atoms with Crippen LogP contribution in [0.25, 0.3) is 0 Å². The van der Waals surface area contributed by atoms with E-state index in [0.29, 0.717) is 11.6 Å². The van der Waals surface area contributed by atoms with Crippen LogP contribution >= 0.6 is 0 Å². The molecule has 0 aliphatic heterocycles. The van der Waals surface area contributed by atoms with Gasteiger partial charge in [0.2, 0.25) is 0 Å². The maximum Gasteiger partial charge on any atom is 0.417 e. The fourth-order valence-corrected chi connectivity index (χ4v) is 4.36. The molecule has 2 N–H and O–H groups in total. The molecule has 0 heterocycles. The maximum absolute atomic E-state index is 13.3. The summed E-state index contributed by atoms with van der Waals surface area (Å²) in [5.74, 6) is 0. The summed E-state index contributed by atoms with van der Waals surface area (Å²) in [6.07, 6.45) is -4.83. The predicted octanol–water partition coefficient (Wildman–Crippen LogP) is 4.76. The molecule has 0 bridgehead atoms. The van der Waals surface area contributed by atoms with Gasteiger partial charge in [0.15, 0.2) is 0 Å². The first-order chi connectivity index (χ1) is 13.5. The van der Waals surface area contributed by atoms with E-state index in [4.69, 9.17) is 0 Å². The minimum Gasteiger partial charge on any atom is -0.381 e. The number of sulfonamides is 1. The van der Waals surface area contributed by atoms with Crippen molar-refractivity contribution in [2.24, 2.45) is 0 Å². The van der Waals surface area contributed by atoms with Crippen molar-refractivity contribution in [3.05, 3.63) is 95.6 Å². The first kappa shape index (κ1) is 20.9. The zero-order valence-corrected chi connectivity index (χ0v) is 16.1. The van der Waals surface area contributed by atoms with Crippen LogP contribution in [0.3, 0.4) is 0 Å². The van der Waals surface area contributed by atoms with Gasteiger partial charge in [-0.15, -0.1) is 0 Å². The van der Waals surface area contributed by atoms with Gasteiger partial charge in [-0.3, -0.25) is 4.72 Å². The predicted molar refractivity (Wildman–Crippen MR) is 104 cm³/mol. The van der Waals surface area contributed by atoms with Gasteiger partial charge in [-0.05, 0) is 30.7 Å². The molecule has 3 aromatic carbocycles. The summed E-state index contributed by atoms with van der Waals surface area (Å²) in [4.78, 5) is -0.887. The molecular weight excluding hydrogens is 403 g/mol. The van der Waals surface area contributed by atoms with Crippen LogP contribution in [0.5, 0.6) is 0 Å². The number of alkyl halides is 3. The average molecular weight is 421 g/mol. The zero-order valence-electron chi connectivity index (χ0n) is 15.3. The van der Waals surface area contributed by atoms with Gasteiger partial charge in [0.25, 0.3) is 10.0 Å². The van der Waals surface area contributed by atoms with E-state index in [2.05, 4.69) is 4.72 Å². The van der Waals surface area contributed by atoms with E-state index in [1.807, 2.05) is 0 Å². The van der Waals surface area contributed by atoms with Gasteiger partial charge in [0.1, 0.15) is 5.60 Å². The van der Waals surface area contributed by atoms with Gasteiger partial charge in [-0.25, -0.2) is 8.42 Å². The van der Waals surface area contributed by atoms with Crippen molar-refractivity contribution >= 4 is 15.7 Å². The highest BCUT2D eigenvalue weighted by atomic mass is 32.2. The lowest BCUT2D eigenvalue weighted by atomic mass is 9.87. The Hall–Kier alpha value is -2.84. The van der Waals surface area contributed by atoms with Crippen LogP contribution in [0, 0.1) is 0 Å². The second-order valence-electron chi connectivity index (χ2n) is 6.58. The molecule has 8 heteroatoms. The third-order valence-corrected chi connectivity index (χ3v) is 5.94. The summed E-state index contributed by atoms with van der Waals surface area (Å²) >= 11 is 0. The highest BCUT2D eigenvalue weighted by Crippen LogP contribution is 2.37. The highest BCUT2D eigenvalue weighted by Gasteiger charge is 2.37. The van der Waals surface area contributed by atoms with Crippen molar-refractivity contribution in [1.29, 1.82) is 0 Å². The number of anilines is 1. The lowest BCUT2D eigenvalue weighted by Crippen LogP contribution is -2.26. The molecule has 4 nitrogen and oxygen atoms in total. The topological polar surface area (TPSA) is 66.4 Å². The van der Waals surface area contributed by atoms with E-state index < -0.39 is 32.3 Å². The smallest absolute Gasteiger partial charge is 0.381 e. The van der Waals surface area contributed by atoms with E-state index >= 15 is 0 Å². The lowest BCUT2D eigenvalue weighted by molar-refractivity contribution is -0.139. The second-order valence-corrected chi connectivity index (χ2v) is 8.23. The molecular formula is C21H18F3NO3S. The van der Waals surface area contributed by atoms with Crippen molar-refractivity contribution < 1.29 is 26.7 Å². The Bertz CT molecular complexity index is 1110. The molecule has 0 amide bonds. The van der Waals surface area contributed by atoms with E-state index in [0.717, 1.165) is 12.1 Å². The van der Waals surface area contributed by atoms with Crippen molar-refractivity contribution in [2.75, 3.05) is 4.72 Å². The van der Waals surface area contributed by atoms with Crippen LogP contribution in [0.2, 0.25) is 0 Å². The molecule has 0 radical (unpaired) electrons. The standard InChI is InChI=1S/C21H18F3NO3S/c1-20(26,15-9-3-2-4-10-15)16-11-5-7-13-18(16)25-29(27,28)19-14-8-6-12-17(19)21(22,23)24/h2-14,25-26H,1H3. The van der Waals surface area contributed by atoms with Gasteiger partial charge in [0.05, 0.1) is 16.1 Å². The van der Waals surface area contributed by atoms with Crippen LogP contribution in [-0.4, -0.2) is 13.5 Å². The minimum atomic E-state index is -4.83. The van der Waals surface area contributed by atoms with Gasteiger partial charge >= 0.3 is 6.18 Å². The van der Waals surface area contributed by atoms with Crippen LogP contribution in [0.15, 0.2) is 83.8 Å². The Morgan fingerprint density at radius 3 is 1.93 bits per heavy atom. The first-order valence-electron chi connectivity index (χ1n) is 8.60. The average Bonchev–Trinajstić information content (AvgIpc) is 2.68. The number of hydrogen-bond donors (Lipinski definition) is 2. The summed E-state index contributed by atoms with van der Waals surface area (Å²) < 4.78 is 67.6. The van der Waals surface area contributed by atoms with E-state index in [9.17, 15) is 26.7 Å². The number of hydrogen-bond acceptors (Lipinski definition) is 3. The number of nitrogens with one attached hydrogen (secondary N) is 1. The van der Waals surface area contributed by atoms with Crippen LogP contribution in [0.1, 0.15) is 23.6 Å². The Labute approximate surface area is 166 Å². The van der Waals surface area contributed by atoms with E-state index in [1.165, 1.54) is 31.2 Å². The molecule has 0 saturated carbocycles. The third kappa shape index (κ3) is 4.28. The molecule has 1 unspecified atom stereocenters. The van der Waals surface area contributed by atoms with E-state index in [-0.39, 0.29) is 11.3 Å². The molecule has 152 valence electrons. The lowest BCUT2D eigenvalue weighted by Gasteiger charge is -2.27. The molecule has 29 heavy (non-hydrogen) atoms. The molecule has 0 aliphatic carbocycles. The van der Waals surface area contributed by atoms with Crippen LogP contribution < -0.4 is 4.72 Å². The normalized spacial score (nSPS) is 14.2. The first-order valence-corrected chi connectivity index (χ1v) is 10.1. The van der Waals surface area contributed by atoms with Gasteiger partial charge in [-0.2, -0.15) is 13.2 Å². The maximum atomic E-state index is 13.3. The fraction of sp³-hybridized carbons (Fsp3) is 0.143. The molecule has 3 rings (SSSR count). The number of rotatable bonds is 5. The van der Waals surface area contributed by atoms with Crippen LogP contribution in [0.4, 0.5) is 18.9 Å². The Morgan fingerprint density at radius 1 is 0.793 bits per heavy atom. The van der Waals surface area contributed by atoms with Gasteiger partial charge in [0, 0.05) is 5.56 Å². The number of halogens is 3. The Kier molecular flexibility index (Phi) is 5.42. The SMILES string of the molecule is CC(O)(c1ccccc1)c1ccccc1NS(=O)(=O)c1ccccc1C(F)(F)F. The van der Waals surface area contributed by atoms with E-state index in [1.54, 1.807) is 36.4 Å². The largest absolute Gasteiger partial charge is 0.417 e.